The van der Waals surface area contributed by atoms with Crippen molar-refractivity contribution in [3.8, 4) is 0 Å². The molecule has 1 aromatic heterocycles. The van der Waals surface area contributed by atoms with Crippen LogP contribution in [0.2, 0.25) is 0 Å². The number of rotatable bonds is 5. The molecule has 2 rings (SSSR count). The van der Waals surface area contributed by atoms with E-state index >= 15 is 0 Å². The van der Waals surface area contributed by atoms with E-state index in [2.05, 4.69) is 49.3 Å². The summed E-state index contributed by atoms with van der Waals surface area (Å²) in [6, 6.07) is 10.6. The van der Waals surface area contributed by atoms with Crippen molar-refractivity contribution in [2.24, 2.45) is 12.8 Å². The maximum Gasteiger partial charge on any atom is 0.0723 e. The summed E-state index contributed by atoms with van der Waals surface area (Å²) in [4.78, 5) is 0. The first-order valence-corrected chi connectivity index (χ1v) is 7.03. The minimum Gasteiger partial charge on any atom is -0.319 e. The topological polar surface area (TPSA) is 43.8 Å². The number of hydrogen-bond donors (Lipinski definition) is 1. The number of nitrogens with two attached hydrogens (primary N) is 1. The highest BCUT2D eigenvalue weighted by molar-refractivity contribution is 5.32. The van der Waals surface area contributed by atoms with Crippen molar-refractivity contribution in [1.29, 1.82) is 0 Å². The molecule has 102 valence electrons. The SMILES string of the molecule is CCCc1cccc(C(N)c2cc(CC)nn2C)c1. The Labute approximate surface area is 115 Å². The lowest BCUT2D eigenvalue weighted by Crippen LogP contribution is -2.16. The fraction of sp³-hybridized carbons (Fsp3) is 0.438. The zero-order chi connectivity index (χ0) is 13.8. The molecule has 0 saturated heterocycles. The summed E-state index contributed by atoms with van der Waals surface area (Å²) in [5.41, 5.74) is 11.1. The maximum absolute atomic E-state index is 6.39. The van der Waals surface area contributed by atoms with Gasteiger partial charge in [0.25, 0.3) is 0 Å². The summed E-state index contributed by atoms with van der Waals surface area (Å²) >= 11 is 0. The molecule has 0 spiro atoms. The Morgan fingerprint density at radius 2 is 2.05 bits per heavy atom. The van der Waals surface area contributed by atoms with Crippen molar-refractivity contribution in [1.82, 2.24) is 9.78 Å². The second-order valence-electron chi connectivity index (χ2n) is 5.01. The molecule has 2 N–H and O–H groups in total. The summed E-state index contributed by atoms with van der Waals surface area (Å²) < 4.78 is 1.90. The second-order valence-corrected chi connectivity index (χ2v) is 5.01. The Kier molecular flexibility index (Phi) is 4.38. The molecule has 1 aromatic carbocycles. The molecular weight excluding hydrogens is 234 g/mol. The summed E-state index contributed by atoms with van der Waals surface area (Å²) in [5, 5.41) is 4.47. The molecule has 2 aromatic rings. The van der Waals surface area contributed by atoms with Gasteiger partial charge in [-0.25, -0.2) is 0 Å². The van der Waals surface area contributed by atoms with E-state index in [1.807, 2.05) is 11.7 Å². The minimum absolute atomic E-state index is 0.102. The second kappa shape index (κ2) is 6.02. The van der Waals surface area contributed by atoms with Gasteiger partial charge in [-0.05, 0) is 30.0 Å². The van der Waals surface area contributed by atoms with Gasteiger partial charge in [0.2, 0.25) is 0 Å². The van der Waals surface area contributed by atoms with Crippen molar-refractivity contribution in [2.75, 3.05) is 0 Å². The van der Waals surface area contributed by atoms with Crippen LogP contribution in [-0.4, -0.2) is 9.78 Å². The molecule has 3 heteroatoms. The van der Waals surface area contributed by atoms with Crippen LogP contribution in [0.25, 0.3) is 0 Å². The highest BCUT2D eigenvalue weighted by Gasteiger charge is 2.14. The number of aryl methyl sites for hydroxylation is 3. The van der Waals surface area contributed by atoms with E-state index in [1.54, 1.807) is 0 Å². The zero-order valence-corrected chi connectivity index (χ0v) is 12.1. The van der Waals surface area contributed by atoms with Crippen LogP contribution in [0.3, 0.4) is 0 Å². The Morgan fingerprint density at radius 1 is 1.26 bits per heavy atom. The molecule has 0 radical (unpaired) electrons. The van der Waals surface area contributed by atoms with E-state index in [9.17, 15) is 0 Å². The molecule has 0 aliphatic carbocycles. The van der Waals surface area contributed by atoms with E-state index < -0.39 is 0 Å². The molecule has 1 atom stereocenters. The quantitative estimate of drug-likeness (QED) is 0.895. The summed E-state index contributed by atoms with van der Waals surface area (Å²) in [6.07, 6.45) is 3.20. The summed E-state index contributed by atoms with van der Waals surface area (Å²) in [7, 11) is 1.96. The lowest BCUT2D eigenvalue weighted by Gasteiger charge is -2.13. The molecule has 0 aliphatic heterocycles. The van der Waals surface area contributed by atoms with E-state index in [4.69, 9.17) is 5.73 Å². The lowest BCUT2D eigenvalue weighted by atomic mass is 10.00. The van der Waals surface area contributed by atoms with Gasteiger partial charge in [-0.3, -0.25) is 4.68 Å². The van der Waals surface area contributed by atoms with Crippen LogP contribution in [0.15, 0.2) is 30.3 Å². The van der Waals surface area contributed by atoms with Gasteiger partial charge in [0.05, 0.1) is 17.4 Å². The first-order valence-electron chi connectivity index (χ1n) is 7.03. The van der Waals surface area contributed by atoms with Crippen molar-refractivity contribution < 1.29 is 0 Å². The molecule has 0 aliphatic rings. The van der Waals surface area contributed by atoms with Crippen LogP contribution in [-0.2, 0) is 19.9 Å². The predicted molar refractivity (Wildman–Crippen MR) is 79.1 cm³/mol. The lowest BCUT2D eigenvalue weighted by molar-refractivity contribution is 0.665. The first-order chi connectivity index (χ1) is 9.15. The molecule has 1 heterocycles. The van der Waals surface area contributed by atoms with Gasteiger partial charge in [-0.15, -0.1) is 0 Å². The van der Waals surface area contributed by atoms with Crippen molar-refractivity contribution in [3.05, 3.63) is 52.8 Å². The fourth-order valence-corrected chi connectivity index (χ4v) is 2.41. The van der Waals surface area contributed by atoms with Gasteiger partial charge in [0.15, 0.2) is 0 Å². The average Bonchev–Trinajstić information content (AvgIpc) is 2.80. The van der Waals surface area contributed by atoms with E-state index in [1.165, 1.54) is 5.56 Å². The molecule has 0 amide bonds. The maximum atomic E-state index is 6.39. The Morgan fingerprint density at radius 3 is 2.68 bits per heavy atom. The van der Waals surface area contributed by atoms with Crippen LogP contribution >= 0.6 is 0 Å². The standard InChI is InChI=1S/C16H23N3/c1-4-7-12-8-6-9-13(10-12)16(17)15-11-14(5-2)18-19(15)3/h6,8-11,16H,4-5,7,17H2,1-3H3. The van der Waals surface area contributed by atoms with Gasteiger partial charge in [0, 0.05) is 7.05 Å². The van der Waals surface area contributed by atoms with Crippen molar-refractivity contribution in [3.63, 3.8) is 0 Å². The third-order valence-corrected chi connectivity index (χ3v) is 3.50. The molecule has 19 heavy (non-hydrogen) atoms. The van der Waals surface area contributed by atoms with Crippen molar-refractivity contribution in [2.45, 2.75) is 39.2 Å². The van der Waals surface area contributed by atoms with Gasteiger partial charge < -0.3 is 5.73 Å². The van der Waals surface area contributed by atoms with Gasteiger partial charge >= 0.3 is 0 Å². The van der Waals surface area contributed by atoms with Crippen LogP contribution in [0, 0.1) is 0 Å². The highest BCUT2D eigenvalue weighted by Crippen LogP contribution is 2.21. The normalized spacial score (nSPS) is 12.6. The number of aromatic nitrogens is 2. The molecule has 0 saturated carbocycles. The third kappa shape index (κ3) is 3.04. The minimum atomic E-state index is -0.102. The molecule has 1 unspecified atom stereocenters. The molecule has 3 nitrogen and oxygen atoms in total. The van der Waals surface area contributed by atoms with Crippen LogP contribution in [0.5, 0.6) is 0 Å². The number of nitrogens with zero attached hydrogens (tertiary/aromatic N) is 2. The first kappa shape index (κ1) is 13.8. The highest BCUT2D eigenvalue weighted by atomic mass is 15.3. The number of benzene rings is 1. The number of hydrogen-bond acceptors (Lipinski definition) is 2. The van der Waals surface area contributed by atoms with Crippen LogP contribution in [0.4, 0.5) is 0 Å². The smallest absolute Gasteiger partial charge is 0.0723 e. The van der Waals surface area contributed by atoms with E-state index in [0.717, 1.165) is 36.2 Å². The monoisotopic (exact) mass is 257 g/mol. The Balaban J connectivity index is 2.29. The van der Waals surface area contributed by atoms with Crippen LogP contribution < -0.4 is 5.73 Å². The average molecular weight is 257 g/mol. The largest absolute Gasteiger partial charge is 0.319 e. The van der Waals surface area contributed by atoms with E-state index in [-0.39, 0.29) is 6.04 Å². The van der Waals surface area contributed by atoms with Gasteiger partial charge in [-0.1, -0.05) is 44.5 Å². The van der Waals surface area contributed by atoms with Crippen molar-refractivity contribution >= 4 is 0 Å². The molecule has 0 bridgehead atoms. The predicted octanol–water partition coefficient (Wildman–Crippen LogP) is 2.98. The fourth-order valence-electron chi connectivity index (χ4n) is 2.41. The van der Waals surface area contributed by atoms with Crippen LogP contribution in [0.1, 0.15) is 48.8 Å². The molecular formula is C16H23N3. The molecule has 0 fully saturated rings. The van der Waals surface area contributed by atoms with Gasteiger partial charge in [0.1, 0.15) is 0 Å². The zero-order valence-electron chi connectivity index (χ0n) is 12.1. The van der Waals surface area contributed by atoms with Gasteiger partial charge in [-0.2, -0.15) is 5.10 Å². The Hall–Kier alpha value is -1.61. The van der Waals surface area contributed by atoms with E-state index in [0.29, 0.717) is 0 Å². The summed E-state index contributed by atoms with van der Waals surface area (Å²) in [5.74, 6) is 0. The Bertz CT molecular complexity index is 543. The third-order valence-electron chi connectivity index (χ3n) is 3.50. The summed E-state index contributed by atoms with van der Waals surface area (Å²) in [6.45, 7) is 4.31.